The largest absolute Gasteiger partial charge is 0.312 e. The summed E-state index contributed by atoms with van der Waals surface area (Å²) in [5, 5.41) is 3.41. The van der Waals surface area contributed by atoms with Crippen LogP contribution in [-0.2, 0) is 5.41 Å². The van der Waals surface area contributed by atoms with E-state index in [1.165, 1.54) is 5.56 Å². The quantitative estimate of drug-likeness (QED) is 0.455. The van der Waals surface area contributed by atoms with E-state index in [2.05, 4.69) is 55.6 Å². The molecule has 0 atom stereocenters. The van der Waals surface area contributed by atoms with Crippen LogP contribution in [0.5, 0.6) is 0 Å². The van der Waals surface area contributed by atoms with Gasteiger partial charge in [0.2, 0.25) is 0 Å². The minimum Gasteiger partial charge on any atom is -0.312 e. The lowest BCUT2D eigenvalue weighted by atomic mass is 9.85. The van der Waals surface area contributed by atoms with Gasteiger partial charge in [0.15, 0.2) is 0 Å². The highest BCUT2D eigenvalue weighted by Gasteiger charge is 2.18. The molecular weight excluding hydrogens is 218 g/mol. The normalized spacial score (nSPS) is 12.2. The first-order valence-corrected chi connectivity index (χ1v) is 6.17. The van der Waals surface area contributed by atoms with Gasteiger partial charge in [0.1, 0.15) is 0 Å². The Morgan fingerprint density at radius 1 is 1.19 bits per heavy atom. The van der Waals surface area contributed by atoms with Gasteiger partial charge < -0.3 is 5.32 Å². The highest BCUT2D eigenvalue weighted by atomic mass is 35.5. The van der Waals surface area contributed by atoms with Gasteiger partial charge in [0.05, 0.1) is 0 Å². The number of hydrogen-bond acceptors (Lipinski definition) is 1. The second-order valence-electron chi connectivity index (χ2n) is 4.51. The molecule has 1 N–H and O–H groups in total. The van der Waals surface area contributed by atoms with Gasteiger partial charge in [0, 0.05) is 24.4 Å². The zero-order chi connectivity index (χ0) is 11.9. The fourth-order valence-electron chi connectivity index (χ4n) is 1.61. The van der Waals surface area contributed by atoms with Crippen LogP contribution >= 0.6 is 11.6 Å². The summed E-state index contributed by atoms with van der Waals surface area (Å²) in [6.45, 7) is 6.34. The third-order valence-electron chi connectivity index (χ3n) is 2.64. The van der Waals surface area contributed by atoms with Crippen LogP contribution in [0.3, 0.4) is 0 Å². The van der Waals surface area contributed by atoms with E-state index in [0.717, 1.165) is 13.1 Å². The van der Waals surface area contributed by atoms with E-state index in [-0.39, 0.29) is 5.41 Å². The van der Waals surface area contributed by atoms with Crippen LogP contribution in [0.1, 0.15) is 19.4 Å². The molecule has 1 aromatic rings. The van der Waals surface area contributed by atoms with Gasteiger partial charge in [-0.1, -0.05) is 56.3 Å². The molecule has 16 heavy (non-hydrogen) atoms. The van der Waals surface area contributed by atoms with E-state index in [9.17, 15) is 0 Å². The summed E-state index contributed by atoms with van der Waals surface area (Å²) in [5.41, 5.74) is 1.53. The Labute approximate surface area is 104 Å². The van der Waals surface area contributed by atoms with E-state index >= 15 is 0 Å². The number of hydrogen-bond donors (Lipinski definition) is 1. The van der Waals surface area contributed by atoms with Gasteiger partial charge in [-0.25, -0.2) is 0 Å². The van der Waals surface area contributed by atoms with Crippen molar-refractivity contribution in [2.24, 2.45) is 0 Å². The van der Waals surface area contributed by atoms with Gasteiger partial charge >= 0.3 is 0 Å². The monoisotopic (exact) mass is 237 g/mol. The predicted octanol–water partition coefficient (Wildman–Crippen LogP) is 3.35. The van der Waals surface area contributed by atoms with Gasteiger partial charge in [-0.15, -0.1) is 11.6 Å². The van der Waals surface area contributed by atoms with E-state index in [1.54, 1.807) is 0 Å². The first kappa shape index (κ1) is 13.3. The fourth-order valence-corrected chi connectivity index (χ4v) is 1.73. The average Bonchev–Trinajstić information content (AvgIpc) is 2.30. The minimum absolute atomic E-state index is 0.163. The maximum Gasteiger partial charge on any atom is 0.0404 e. The molecule has 0 aliphatic rings. The van der Waals surface area contributed by atoms with Gasteiger partial charge in [-0.2, -0.15) is 0 Å². The maximum absolute atomic E-state index is 5.55. The van der Waals surface area contributed by atoms with Crippen molar-refractivity contribution < 1.29 is 0 Å². The summed E-state index contributed by atoms with van der Waals surface area (Å²) in [7, 11) is 0. The maximum atomic E-state index is 5.55. The molecule has 0 saturated heterocycles. The van der Waals surface area contributed by atoms with Crippen LogP contribution in [-0.4, -0.2) is 19.0 Å². The molecule has 0 spiro atoms. The fraction of sp³-hybridized carbons (Fsp3) is 0.429. The molecule has 0 radical (unpaired) electrons. The van der Waals surface area contributed by atoms with Crippen molar-refractivity contribution in [3.63, 3.8) is 0 Å². The SMILES string of the molecule is CC(C)(CNC/C=C/CCl)c1ccccc1. The van der Waals surface area contributed by atoms with Crippen LogP contribution in [0.2, 0.25) is 0 Å². The second-order valence-corrected chi connectivity index (χ2v) is 4.82. The molecular formula is C14H20ClN. The molecule has 0 heterocycles. The summed E-state index contributed by atoms with van der Waals surface area (Å²) >= 11 is 5.55. The van der Waals surface area contributed by atoms with E-state index in [4.69, 9.17) is 11.6 Å². The van der Waals surface area contributed by atoms with Crippen molar-refractivity contribution in [2.45, 2.75) is 19.3 Å². The van der Waals surface area contributed by atoms with E-state index < -0.39 is 0 Å². The number of rotatable bonds is 6. The molecule has 0 unspecified atom stereocenters. The Kier molecular flexibility index (Phi) is 5.58. The standard InChI is InChI=1S/C14H20ClN/c1-14(2,12-16-11-7-6-10-15)13-8-4-3-5-9-13/h3-9,16H,10-12H2,1-2H3/b7-6+. The second kappa shape index (κ2) is 6.72. The lowest BCUT2D eigenvalue weighted by Crippen LogP contribution is -2.33. The van der Waals surface area contributed by atoms with Crippen LogP contribution in [0.15, 0.2) is 42.5 Å². The predicted molar refractivity (Wildman–Crippen MR) is 72.2 cm³/mol. The average molecular weight is 238 g/mol. The van der Waals surface area contributed by atoms with Crippen molar-refractivity contribution in [3.05, 3.63) is 48.0 Å². The van der Waals surface area contributed by atoms with Crippen molar-refractivity contribution in [1.29, 1.82) is 0 Å². The Balaban J connectivity index is 2.43. The minimum atomic E-state index is 0.163. The Hall–Kier alpha value is -0.790. The van der Waals surface area contributed by atoms with Crippen molar-refractivity contribution >= 4 is 11.6 Å². The summed E-state index contributed by atoms with van der Waals surface area (Å²) in [4.78, 5) is 0. The molecule has 0 aliphatic carbocycles. The number of nitrogens with one attached hydrogen (secondary N) is 1. The smallest absolute Gasteiger partial charge is 0.0404 e. The number of allylic oxidation sites excluding steroid dienone is 1. The first-order chi connectivity index (χ1) is 7.67. The van der Waals surface area contributed by atoms with Crippen molar-refractivity contribution in [1.82, 2.24) is 5.32 Å². The molecule has 88 valence electrons. The summed E-state index contributed by atoms with van der Waals surface area (Å²) in [6.07, 6.45) is 4.03. The van der Waals surface area contributed by atoms with Crippen LogP contribution < -0.4 is 5.32 Å². The molecule has 2 heteroatoms. The van der Waals surface area contributed by atoms with E-state index in [1.807, 2.05) is 6.08 Å². The highest BCUT2D eigenvalue weighted by molar-refractivity contribution is 6.18. The van der Waals surface area contributed by atoms with E-state index in [0.29, 0.717) is 5.88 Å². The van der Waals surface area contributed by atoms with Gasteiger partial charge in [-0.05, 0) is 5.56 Å². The Bertz CT molecular complexity index is 317. The first-order valence-electron chi connectivity index (χ1n) is 5.64. The van der Waals surface area contributed by atoms with Crippen LogP contribution in [0, 0.1) is 0 Å². The molecule has 1 nitrogen and oxygen atoms in total. The van der Waals surface area contributed by atoms with Gasteiger partial charge in [-0.3, -0.25) is 0 Å². The third kappa shape index (κ3) is 4.38. The zero-order valence-corrected chi connectivity index (χ0v) is 10.8. The lowest BCUT2D eigenvalue weighted by Gasteiger charge is -2.25. The Morgan fingerprint density at radius 3 is 2.50 bits per heavy atom. The summed E-state index contributed by atoms with van der Waals surface area (Å²) < 4.78 is 0. The zero-order valence-electron chi connectivity index (χ0n) is 10.0. The topological polar surface area (TPSA) is 12.0 Å². The van der Waals surface area contributed by atoms with Crippen molar-refractivity contribution in [2.75, 3.05) is 19.0 Å². The molecule has 0 aliphatic heterocycles. The Morgan fingerprint density at radius 2 is 1.88 bits per heavy atom. The van der Waals surface area contributed by atoms with Crippen LogP contribution in [0.25, 0.3) is 0 Å². The third-order valence-corrected chi connectivity index (χ3v) is 2.82. The number of halogens is 1. The molecule has 0 amide bonds. The summed E-state index contributed by atoms with van der Waals surface area (Å²) in [5.74, 6) is 0.587. The van der Waals surface area contributed by atoms with Crippen LogP contribution in [0.4, 0.5) is 0 Å². The molecule has 1 rings (SSSR count). The molecule has 0 saturated carbocycles. The molecule has 1 aromatic carbocycles. The number of alkyl halides is 1. The van der Waals surface area contributed by atoms with Gasteiger partial charge in [0.25, 0.3) is 0 Å². The number of benzene rings is 1. The molecule has 0 fully saturated rings. The highest BCUT2D eigenvalue weighted by Crippen LogP contribution is 2.21. The molecule has 0 bridgehead atoms. The molecule has 0 aromatic heterocycles. The van der Waals surface area contributed by atoms with Crippen molar-refractivity contribution in [3.8, 4) is 0 Å². The summed E-state index contributed by atoms with van der Waals surface area (Å²) in [6, 6.07) is 10.6. The lowest BCUT2D eigenvalue weighted by molar-refractivity contribution is 0.483.